The average Bonchev–Trinajstić information content (AvgIpc) is 3.10. The van der Waals surface area contributed by atoms with Gasteiger partial charge >= 0.3 is 0 Å². The standard InChI is InChI=1S/C22H26N4O3/c1-15-6-7-19-24-17(13-26(19)12-15)21(28)25-10-8-22(9-11-25)14-23-20(27)16-4-2-3-5-18(16)29-22/h2-5,13,15H,6-12,14H2,1H3,(H,23,27). The molecule has 1 aromatic heterocycles. The molecule has 5 rings (SSSR count). The van der Waals surface area contributed by atoms with Gasteiger partial charge in [-0.2, -0.15) is 0 Å². The number of carbonyl (C=O) groups excluding carboxylic acids is 2. The number of ether oxygens (including phenoxy) is 1. The molecule has 3 aliphatic rings. The monoisotopic (exact) mass is 394 g/mol. The predicted octanol–water partition coefficient (Wildman–Crippen LogP) is 2.26. The molecular formula is C22H26N4O3. The summed E-state index contributed by atoms with van der Waals surface area (Å²) in [7, 11) is 0. The smallest absolute Gasteiger partial charge is 0.274 e. The summed E-state index contributed by atoms with van der Waals surface area (Å²) in [4.78, 5) is 31.8. The molecule has 1 atom stereocenters. The summed E-state index contributed by atoms with van der Waals surface area (Å²) in [5, 5.41) is 2.99. The molecule has 1 fully saturated rings. The van der Waals surface area contributed by atoms with Crippen molar-refractivity contribution in [1.82, 2.24) is 19.8 Å². The van der Waals surface area contributed by atoms with Crippen LogP contribution in [0.2, 0.25) is 0 Å². The van der Waals surface area contributed by atoms with Crippen molar-refractivity contribution in [2.75, 3.05) is 19.6 Å². The molecule has 4 heterocycles. The molecule has 1 unspecified atom stereocenters. The van der Waals surface area contributed by atoms with E-state index in [4.69, 9.17) is 4.74 Å². The van der Waals surface area contributed by atoms with Crippen molar-refractivity contribution >= 4 is 11.8 Å². The highest BCUT2D eigenvalue weighted by Gasteiger charge is 2.41. The summed E-state index contributed by atoms with van der Waals surface area (Å²) >= 11 is 0. The van der Waals surface area contributed by atoms with E-state index in [0.717, 1.165) is 25.2 Å². The molecule has 7 heteroatoms. The first-order chi connectivity index (χ1) is 14.0. The summed E-state index contributed by atoms with van der Waals surface area (Å²) in [6.45, 7) is 4.81. The van der Waals surface area contributed by atoms with Gasteiger partial charge in [0.05, 0.1) is 12.1 Å². The highest BCUT2D eigenvalue weighted by Crippen LogP contribution is 2.33. The number of hydrogen-bond acceptors (Lipinski definition) is 4. The zero-order valence-electron chi connectivity index (χ0n) is 16.7. The number of nitrogens with zero attached hydrogens (tertiary/aromatic N) is 3. The van der Waals surface area contributed by atoms with Crippen LogP contribution in [0.4, 0.5) is 0 Å². The fourth-order valence-corrected chi connectivity index (χ4v) is 4.62. The van der Waals surface area contributed by atoms with Gasteiger partial charge in [-0.15, -0.1) is 0 Å². The van der Waals surface area contributed by atoms with Gasteiger partial charge in [0, 0.05) is 45.1 Å². The van der Waals surface area contributed by atoms with E-state index in [2.05, 4.69) is 21.8 Å². The van der Waals surface area contributed by atoms with Crippen molar-refractivity contribution in [2.45, 2.75) is 44.8 Å². The molecule has 1 N–H and O–H groups in total. The molecule has 1 aromatic carbocycles. The minimum Gasteiger partial charge on any atom is -0.484 e. The van der Waals surface area contributed by atoms with Gasteiger partial charge in [-0.05, 0) is 24.5 Å². The second-order valence-electron chi connectivity index (χ2n) is 8.59. The molecule has 29 heavy (non-hydrogen) atoms. The van der Waals surface area contributed by atoms with Gasteiger partial charge in [0.1, 0.15) is 22.9 Å². The summed E-state index contributed by atoms with van der Waals surface area (Å²) < 4.78 is 8.46. The van der Waals surface area contributed by atoms with Crippen LogP contribution >= 0.6 is 0 Å². The second-order valence-corrected chi connectivity index (χ2v) is 8.59. The average molecular weight is 394 g/mol. The number of amides is 2. The number of carbonyl (C=O) groups is 2. The minimum atomic E-state index is -0.470. The van der Waals surface area contributed by atoms with E-state index >= 15 is 0 Å². The Bertz CT molecular complexity index is 959. The summed E-state index contributed by atoms with van der Waals surface area (Å²) in [6.07, 6.45) is 5.33. The van der Waals surface area contributed by atoms with Crippen molar-refractivity contribution < 1.29 is 14.3 Å². The van der Waals surface area contributed by atoms with Gasteiger partial charge in [-0.25, -0.2) is 4.98 Å². The van der Waals surface area contributed by atoms with Crippen LogP contribution in [0.1, 0.15) is 52.9 Å². The number of aryl methyl sites for hydroxylation is 1. The summed E-state index contributed by atoms with van der Waals surface area (Å²) in [6, 6.07) is 7.34. The van der Waals surface area contributed by atoms with E-state index < -0.39 is 5.60 Å². The highest BCUT2D eigenvalue weighted by atomic mass is 16.5. The van der Waals surface area contributed by atoms with Gasteiger partial charge in [0.15, 0.2) is 0 Å². The van der Waals surface area contributed by atoms with Gasteiger partial charge in [-0.1, -0.05) is 19.1 Å². The SMILES string of the molecule is CC1CCc2nc(C(=O)N3CCC4(CC3)CNC(=O)c3ccccc3O4)cn2C1. The minimum absolute atomic E-state index is 0.00698. The molecule has 0 bridgehead atoms. The van der Waals surface area contributed by atoms with Crippen LogP contribution in [-0.4, -0.2) is 51.5 Å². The number of piperidine rings is 1. The van der Waals surface area contributed by atoms with Crippen LogP contribution in [0.15, 0.2) is 30.5 Å². The second kappa shape index (κ2) is 6.90. The molecule has 2 amide bonds. The molecule has 7 nitrogen and oxygen atoms in total. The van der Waals surface area contributed by atoms with E-state index in [9.17, 15) is 9.59 Å². The number of para-hydroxylation sites is 1. The number of nitrogens with one attached hydrogen (secondary N) is 1. The Hall–Kier alpha value is -2.83. The lowest BCUT2D eigenvalue weighted by Crippen LogP contribution is -2.54. The zero-order chi connectivity index (χ0) is 20.0. The summed E-state index contributed by atoms with van der Waals surface area (Å²) in [5.74, 6) is 2.16. The topological polar surface area (TPSA) is 76.5 Å². The molecule has 0 saturated carbocycles. The maximum absolute atomic E-state index is 13.0. The lowest BCUT2D eigenvalue weighted by atomic mass is 9.90. The quantitative estimate of drug-likeness (QED) is 0.805. The molecule has 1 spiro atoms. The first-order valence-electron chi connectivity index (χ1n) is 10.4. The number of rotatable bonds is 1. The number of imidazole rings is 1. The van der Waals surface area contributed by atoms with Gasteiger partial charge in [0.25, 0.3) is 11.8 Å². The third-order valence-electron chi connectivity index (χ3n) is 6.44. The van der Waals surface area contributed by atoms with Crippen molar-refractivity contribution in [3.8, 4) is 5.75 Å². The maximum atomic E-state index is 13.0. The Labute approximate surface area is 170 Å². The molecule has 1 saturated heterocycles. The fourth-order valence-electron chi connectivity index (χ4n) is 4.62. The Morgan fingerprint density at radius 3 is 2.90 bits per heavy atom. The van der Waals surface area contributed by atoms with Crippen LogP contribution < -0.4 is 10.1 Å². The number of fused-ring (bicyclic) bond motifs is 2. The van der Waals surface area contributed by atoms with Crippen molar-refractivity contribution in [3.05, 3.63) is 47.5 Å². The molecule has 3 aliphatic heterocycles. The Balaban J connectivity index is 1.29. The first kappa shape index (κ1) is 18.2. The number of hydrogen-bond donors (Lipinski definition) is 1. The number of benzene rings is 1. The van der Waals surface area contributed by atoms with E-state index in [0.29, 0.717) is 55.4 Å². The zero-order valence-corrected chi connectivity index (χ0v) is 16.7. The van der Waals surface area contributed by atoms with Crippen LogP contribution in [0.25, 0.3) is 0 Å². The normalized spacial score (nSPS) is 22.9. The van der Waals surface area contributed by atoms with Crippen molar-refractivity contribution in [2.24, 2.45) is 5.92 Å². The molecular weight excluding hydrogens is 368 g/mol. The van der Waals surface area contributed by atoms with Gasteiger partial charge in [-0.3, -0.25) is 9.59 Å². The van der Waals surface area contributed by atoms with Gasteiger partial charge in [0.2, 0.25) is 0 Å². The largest absolute Gasteiger partial charge is 0.484 e. The van der Waals surface area contributed by atoms with E-state index in [1.807, 2.05) is 29.3 Å². The van der Waals surface area contributed by atoms with E-state index in [1.165, 1.54) is 0 Å². The predicted molar refractivity (Wildman–Crippen MR) is 107 cm³/mol. The highest BCUT2D eigenvalue weighted by molar-refractivity contribution is 5.97. The third kappa shape index (κ3) is 3.28. The van der Waals surface area contributed by atoms with E-state index in [-0.39, 0.29) is 11.8 Å². The summed E-state index contributed by atoms with van der Waals surface area (Å²) in [5.41, 5.74) is 0.647. The van der Waals surface area contributed by atoms with Crippen LogP contribution in [-0.2, 0) is 13.0 Å². The van der Waals surface area contributed by atoms with Crippen molar-refractivity contribution in [1.29, 1.82) is 0 Å². The molecule has 0 radical (unpaired) electrons. The third-order valence-corrected chi connectivity index (χ3v) is 6.44. The molecule has 152 valence electrons. The molecule has 2 aromatic rings. The van der Waals surface area contributed by atoms with Crippen LogP contribution in [0.5, 0.6) is 5.75 Å². The van der Waals surface area contributed by atoms with Crippen LogP contribution in [0.3, 0.4) is 0 Å². The van der Waals surface area contributed by atoms with Gasteiger partial charge < -0.3 is 19.5 Å². The first-order valence-corrected chi connectivity index (χ1v) is 10.4. The maximum Gasteiger partial charge on any atom is 0.274 e. The lowest BCUT2D eigenvalue weighted by molar-refractivity contribution is 0.00753. The number of likely N-dealkylation sites (tertiary alicyclic amines) is 1. The number of aromatic nitrogens is 2. The molecule has 0 aliphatic carbocycles. The van der Waals surface area contributed by atoms with E-state index in [1.54, 1.807) is 6.07 Å². The van der Waals surface area contributed by atoms with Crippen molar-refractivity contribution in [3.63, 3.8) is 0 Å². The fraction of sp³-hybridized carbons (Fsp3) is 0.500. The Morgan fingerprint density at radius 1 is 1.28 bits per heavy atom. The lowest BCUT2D eigenvalue weighted by Gasteiger charge is -2.40. The Morgan fingerprint density at radius 2 is 2.07 bits per heavy atom. The van der Waals surface area contributed by atoms with Crippen LogP contribution in [0, 0.1) is 5.92 Å². The Kier molecular flexibility index (Phi) is 4.33.